The SMILES string of the molecule is CCN1CCC2(CC1)OCC(C(=O)O)N2C(=O)c1cccc(C)c1. The van der Waals surface area contributed by atoms with Crippen LogP contribution in [0.2, 0.25) is 0 Å². The second kappa shape index (κ2) is 6.53. The van der Waals surface area contributed by atoms with Gasteiger partial charge in [0, 0.05) is 31.5 Å². The highest BCUT2D eigenvalue weighted by atomic mass is 16.5. The van der Waals surface area contributed by atoms with Gasteiger partial charge < -0.3 is 14.7 Å². The number of carbonyl (C=O) groups excluding carboxylic acids is 1. The van der Waals surface area contributed by atoms with Gasteiger partial charge in [-0.25, -0.2) is 4.79 Å². The summed E-state index contributed by atoms with van der Waals surface area (Å²) in [5.41, 5.74) is 0.696. The van der Waals surface area contributed by atoms with E-state index in [4.69, 9.17) is 4.74 Å². The third-order valence-electron chi connectivity index (χ3n) is 5.11. The van der Waals surface area contributed by atoms with E-state index in [9.17, 15) is 14.7 Å². The van der Waals surface area contributed by atoms with Gasteiger partial charge in [0.1, 0.15) is 5.72 Å². The Labute approximate surface area is 142 Å². The molecule has 0 saturated carbocycles. The van der Waals surface area contributed by atoms with Crippen molar-refractivity contribution in [3.05, 3.63) is 35.4 Å². The molecule has 130 valence electrons. The number of nitrogens with zero attached hydrogens (tertiary/aromatic N) is 2. The Morgan fingerprint density at radius 1 is 1.33 bits per heavy atom. The number of aryl methyl sites for hydroxylation is 1. The Bertz CT molecular complexity index is 638. The van der Waals surface area contributed by atoms with Crippen molar-refractivity contribution in [2.45, 2.75) is 38.5 Å². The van der Waals surface area contributed by atoms with Gasteiger partial charge in [0.15, 0.2) is 6.04 Å². The molecule has 1 N–H and O–H groups in total. The smallest absolute Gasteiger partial charge is 0.328 e. The first kappa shape index (κ1) is 16.9. The molecule has 1 atom stereocenters. The minimum absolute atomic E-state index is 0.0546. The quantitative estimate of drug-likeness (QED) is 0.913. The molecular weight excluding hydrogens is 308 g/mol. The number of benzene rings is 1. The number of hydrogen-bond donors (Lipinski definition) is 1. The van der Waals surface area contributed by atoms with Crippen molar-refractivity contribution in [2.24, 2.45) is 0 Å². The van der Waals surface area contributed by atoms with E-state index in [1.54, 1.807) is 12.1 Å². The van der Waals surface area contributed by atoms with Gasteiger partial charge in [0.05, 0.1) is 6.61 Å². The van der Waals surface area contributed by atoms with Gasteiger partial charge in [0.25, 0.3) is 5.91 Å². The lowest BCUT2D eigenvalue weighted by molar-refractivity contribution is -0.143. The van der Waals surface area contributed by atoms with E-state index in [0.29, 0.717) is 18.4 Å². The van der Waals surface area contributed by atoms with Crippen molar-refractivity contribution in [2.75, 3.05) is 26.2 Å². The number of ether oxygens (including phenoxy) is 1. The van der Waals surface area contributed by atoms with Crippen molar-refractivity contribution in [3.63, 3.8) is 0 Å². The highest BCUT2D eigenvalue weighted by Gasteiger charge is 2.53. The first-order valence-electron chi connectivity index (χ1n) is 8.46. The number of carboxylic acid groups (broad SMARTS) is 1. The Hall–Kier alpha value is -1.92. The summed E-state index contributed by atoms with van der Waals surface area (Å²) in [5.74, 6) is -1.26. The molecule has 0 aromatic heterocycles. The topological polar surface area (TPSA) is 70.1 Å². The van der Waals surface area contributed by atoms with Gasteiger partial charge in [-0.1, -0.05) is 24.6 Å². The fourth-order valence-electron chi connectivity index (χ4n) is 3.69. The molecule has 2 aliphatic rings. The predicted octanol–water partition coefficient (Wildman–Crippen LogP) is 1.73. The van der Waals surface area contributed by atoms with Crippen molar-refractivity contribution in [3.8, 4) is 0 Å². The lowest BCUT2D eigenvalue weighted by Gasteiger charge is -2.44. The Morgan fingerprint density at radius 2 is 2.04 bits per heavy atom. The Morgan fingerprint density at radius 3 is 2.62 bits per heavy atom. The first-order valence-corrected chi connectivity index (χ1v) is 8.46. The van der Waals surface area contributed by atoms with E-state index in [-0.39, 0.29) is 12.5 Å². The summed E-state index contributed by atoms with van der Waals surface area (Å²) >= 11 is 0. The van der Waals surface area contributed by atoms with Crippen LogP contribution in [0.25, 0.3) is 0 Å². The molecule has 3 rings (SSSR count). The lowest BCUT2D eigenvalue weighted by atomic mass is 9.96. The molecule has 24 heavy (non-hydrogen) atoms. The van der Waals surface area contributed by atoms with Crippen molar-refractivity contribution >= 4 is 11.9 Å². The summed E-state index contributed by atoms with van der Waals surface area (Å²) < 4.78 is 5.93. The summed E-state index contributed by atoms with van der Waals surface area (Å²) in [4.78, 5) is 28.6. The van der Waals surface area contributed by atoms with Gasteiger partial charge in [-0.05, 0) is 25.6 Å². The molecule has 0 aliphatic carbocycles. The Balaban J connectivity index is 1.92. The largest absolute Gasteiger partial charge is 0.480 e. The molecule has 2 saturated heterocycles. The van der Waals surface area contributed by atoms with E-state index < -0.39 is 17.7 Å². The minimum Gasteiger partial charge on any atom is -0.480 e. The highest BCUT2D eigenvalue weighted by molar-refractivity contribution is 5.97. The molecule has 2 aliphatic heterocycles. The molecule has 1 unspecified atom stereocenters. The van der Waals surface area contributed by atoms with Gasteiger partial charge in [0.2, 0.25) is 0 Å². The molecule has 0 radical (unpaired) electrons. The Kier molecular flexibility index (Phi) is 4.60. The number of aliphatic carboxylic acids is 1. The summed E-state index contributed by atoms with van der Waals surface area (Å²) in [6, 6.07) is 6.35. The van der Waals surface area contributed by atoms with E-state index >= 15 is 0 Å². The number of amides is 1. The van der Waals surface area contributed by atoms with Crippen LogP contribution in [0.4, 0.5) is 0 Å². The fourth-order valence-corrected chi connectivity index (χ4v) is 3.69. The van der Waals surface area contributed by atoms with Crippen molar-refractivity contribution in [1.29, 1.82) is 0 Å². The maximum atomic E-state index is 13.1. The van der Waals surface area contributed by atoms with Crippen LogP contribution in [0.3, 0.4) is 0 Å². The highest BCUT2D eigenvalue weighted by Crippen LogP contribution is 2.38. The minimum atomic E-state index is -1.01. The van der Waals surface area contributed by atoms with E-state index in [1.807, 2.05) is 19.1 Å². The van der Waals surface area contributed by atoms with E-state index in [2.05, 4.69) is 11.8 Å². The van der Waals surface area contributed by atoms with Crippen LogP contribution in [0.1, 0.15) is 35.7 Å². The van der Waals surface area contributed by atoms with Crippen LogP contribution in [-0.2, 0) is 9.53 Å². The van der Waals surface area contributed by atoms with Crippen LogP contribution in [0.5, 0.6) is 0 Å². The zero-order chi connectivity index (χ0) is 17.3. The summed E-state index contributed by atoms with van der Waals surface area (Å²) in [5, 5.41) is 9.56. The van der Waals surface area contributed by atoms with Crippen molar-refractivity contribution in [1.82, 2.24) is 9.80 Å². The second-order valence-corrected chi connectivity index (χ2v) is 6.59. The summed E-state index contributed by atoms with van der Waals surface area (Å²) in [7, 11) is 0. The first-order chi connectivity index (χ1) is 11.5. The van der Waals surface area contributed by atoms with E-state index in [0.717, 1.165) is 25.2 Å². The van der Waals surface area contributed by atoms with E-state index in [1.165, 1.54) is 4.90 Å². The second-order valence-electron chi connectivity index (χ2n) is 6.59. The third kappa shape index (κ3) is 2.91. The third-order valence-corrected chi connectivity index (χ3v) is 5.11. The number of likely N-dealkylation sites (tertiary alicyclic amines) is 1. The molecule has 1 spiro atoms. The van der Waals surface area contributed by atoms with Gasteiger partial charge in [-0.15, -0.1) is 0 Å². The normalized spacial score (nSPS) is 23.6. The predicted molar refractivity (Wildman–Crippen MR) is 88.8 cm³/mol. The maximum Gasteiger partial charge on any atom is 0.328 e. The van der Waals surface area contributed by atoms with Crippen LogP contribution in [0, 0.1) is 6.92 Å². The van der Waals surface area contributed by atoms with Gasteiger partial charge >= 0.3 is 5.97 Å². The lowest BCUT2D eigenvalue weighted by Crippen LogP contribution is -2.58. The maximum absolute atomic E-state index is 13.1. The number of carbonyl (C=O) groups is 2. The number of piperidine rings is 1. The average molecular weight is 332 g/mol. The molecule has 1 aromatic carbocycles. The summed E-state index contributed by atoms with van der Waals surface area (Å²) in [6.07, 6.45) is 1.28. The van der Waals surface area contributed by atoms with Crippen LogP contribution in [0.15, 0.2) is 24.3 Å². The average Bonchev–Trinajstić information content (AvgIpc) is 2.94. The fraction of sp³-hybridized carbons (Fsp3) is 0.556. The molecule has 1 aromatic rings. The molecule has 2 fully saturated rings. The number of hydrogen-bond acceptors (Lipinski definition) is 4. The zero-order valence-corrected chi connectivity index (χ0v) is 14.2. The van der Waals surface area contributed by atoms with Crippen molar-refractivity contribution < 1.29 is 19.4 Å². The monoisotopic (exact) mass is 332 g/mol. The molecule has 1 amide bonds. The van der Waals surface area contributed by atoms with Crippen LogP contribution in [-0.4, -0.2) is 64.8 Å². The standard InChI is InChI=1S/C18H24N2O4/c1-3-19-9-7-18(8-10-19)20(15(12-24-18)17(22)23)16(21)14-6-4-5-13(2)11-14/h4-6,11,15H,3,7-10,12H2,1-2H3,(H,22,23). The van der Waals surface area contributed by atoms with Gasteiger partial charge in [-0.3, -0.25) is 9.69 Å². The summed E-state index contributed by atoms with van der Waals surface area (Å²) in [6.45, 7) is 6.63. The molecule has 6 heteroatoms. The molecular formula is C18H24N2O4. The number of rotatable bonds is 3. The molecule has 6 nitrogen and oxygen atoms in total. The molecule has 2 heterocycles. The zero-order valence-electron chi connectivity index (χ0n) is 14.2. The molecule has 0 bridgehead atoms. The number of carboxylic acids is 1. The van der Waals surface area contributed by atoms with Crippen LogP contribution < -0.4 is 0 Å². The van der Waals surface area contributed by atoms with Gasteiger partial charge in [-0.2, -0.15) is 0 Å². The van der Waals surface area contributed by atoms with Crippen LogP contribution >= 0.6 is 0 Å².